The van der Waals surface area contributed by atoms with Crippen LogP contribution in [0.2, 0.25) is 5.02 Å². The second-order valence-corrected chi connectivity index (χ2v) is 5.30. The third-order valence-corrected chi connectivity index (χ3v) is 3.83. The summed E-state index contributed by atoms with van der Waals surface area (Å²) in [5.74, 6) is -1.56. The first-order chi connectivity index (χ1) is 9.99. The van der Waals surface area contributed by atoms with Crippen molar-refractivity contribution in [3.05, 3.63) is 52.2 Å². The number of carbonyl (C=O) groups excluding carboxylic acids is 1. The average molecular weight is 323 g/mol. The minimum Gasteiger partial charge on any atom is -0.478 e. The van der Waals surface area contributed by atoms with Gasteiger partial charge in [0.25, 0.3) is 0 Å². The maximum atomic E-state index is 11.8. The second-order valence-electron chi connectivity index (χ2n) is 4.12. The average Bonchev–Trinajstić information content (AvgIpc) is 2.79. The number of hydrogen-bond acceptors (Lipinski definition) is 4. The number of aromatic carboxylic acids is 1. The van der Waals surface area contributed by atoms with Gasteiger partial charge in [-0.25, -0.2) is 4.79 Å². The molecule has 0 aliphatic rings. The molecule has 108 valence electrons. The van der Waals surface area contributed by atoms with Gasteiger partial charge in [-0.05, 0) is 36.2 Å². The van der Waals surface area contributed by atoms with E-state index in [0.717, 1.165) is 11.5 Å². The Labute approximate surface area is 130 Å². The van der Waals surface area contributed by atoms with E-state index in [2.05, 4.69) is 9.69 Å². The van der Waals surface area contributed by atoms with Gasteiger partial charge in [-0.1, -0.05) is 29.8 Å². The molecule has 0 aliphatic heterocycles. The standard InChI is InChI=1S/C14H11ClN2O3S/c1-8-12(14(19)20)13(21-17-8)16-11(18)7-6-9-4-2-3-5-10(9)15/h2-7H,1H3,(H,16,18)(H,19,20)/b7-6+. The Morgan fingerprint density at radius 2 is 2.10 bits per heavy atom. The first-order valence-electron chi connectivity index (χ1n) is 5.92. The number of nitrogens with one attached hydrogen (secondary N) is 1. The number of halogens is 1. The van der Waals surface area contributed by atoms with E-state index in [-0.39, 0.29) is 10.6 Å². The van der Waals surface area contributed by atoms with Gasteiger partial charge < -0.3 is 10.4 Å². The van der Waals surface area contributed by atoms with E-state index in [1.54, 1.807) is 37.3 Å². The molecule has 2 aromatic rings. The van der Waals surface area contributed by atoms with Crippen molar-refractivity contribution >= 4 is 46.1 Å². The minimum atomic E-state index is -1.12. The summed E-state index contributed by atoms with van der Waals surface area (Å²) in [6.07, 6.45) is 2.86. The van der Waals surface area contributed by atoms with Crippen LogP contribution < -0.4 is 5.32 Å². The molecule has 0 saturated carbocycles. The Balaban J connectivity index is 2.13. The number of rotatable bonds is 4. The van der Waals surface area contributed by atoms with Crippen molar-refractivity contribution in [1.82, 2.24) is 4.37 Å². The lowest BCUT2D eigenvalue weighted by atomic mass is 10.2. The van der Waals surface area contributed by atoms with Crippen LogP contribution in [0.5, 0.6) is 0 Å². The number of carboxylic acid groups (broad SMARTS) is 1. The highest BCUT2D eigenvalue weighted by Gasteiger charge is 2.18. The number of hydrogen-bond donors (Lipinski definition) is 2. The molecule has 0 bridgehead atoms. The summed E-state index contributed by atoms with van der Waals surface area (Å²) in [4.78, 5) is 22.9. The maximum Gasteiger partial charge on any atom is 0.340 e. The van der Waals surface area contributed by atoms with Gasteiger partial charge in [0, 0.05) is 11.1 Å². The summed E-state index contributed by atoms with van der Waals surface area (Å²) in [5.41, 5.74) is 1.09. The lowest BCUT2D eigenvalue weighted by Gasteiger charge is -2.00. The molecule has 2 rings (SSSR count). The molecule has 0 unspecified atom stereocenters. The first-order valence-corrected chi connectivity index (χ1v) is 7.07. The molecule has 1 aromatic carbocycles. The van der Waals surface area contributed by atoms with E-state index in [9.17, 15) is 9.59 Å². The van der Waals surface area contributed by atoms with E-state index in [4.69, 9.17) is 16.7 Å². The fourth-order valence-corrected chi connectivity index (χ4v) is 2.63. The van der Waals surface area contributed by atoms with Crippen molar-refractivity contribution < 1.29 is 14.7 Å². The molecule has 0 radical (unpaired) electrons. The van der Waals surface area contributed by atoms with Crippen molar-refractivity contribution in [1.29, 1.82) is 0 Å². The number of amides is 1. The lowest BCUT2D eigenvalue weighted by Crippen LogP contribution is -2.10. The number of anilines is 1. The molecule has 0 fully saturated rings. The Morgan fingerprint density at radius 3 is 2.76 bits per heavy atom. The molecule has 1 amide bonds. The fraction of sp³-hybridized carbons (Fsp3) is 0.0714. The van der Waals surface area contributed by atoms with Gasteiger partial charge in [0.1, 0.15) is 10.6 Å². The van der Waals surface area contributed by atoms with E-state index in [1.807, 2.05) is 0 Å². The molecule has 5 nitrogen and oxygen atoms in total. The second kappa shape index (κ2) is 6.51. The zero-order valence-electron chi connectivity index (χ0n) is 11.0. The van der Waals surface area contributed by atoms with E-state index < -0.39 is 11.9 Å². The van der Waals surface area contributed by atoms with Crippen LogP contribution in [0.15, 0.2) is 30.3 Å². The fourth-order valence-electron chi connectivity index (χ4n) is 1.64. The number of benzene rings is 1. The molecular weight excluding hydrogens is 312 g/mol. The van der Waals surface area contributed by atoms with E-state index in [1.165, 1.54) is 6.08 Å². The summed E-state index contributed by atoms with van der Waals surface area (Å²) in [5, 5.41) is 12.3. The maximum absolute atomic E-state index is 11.8. The minimum absolute atomic E-state index is 0.0134. The summed E-state index contributed by atoms with van der Waals surface area (Å²) in [6, 6.07) is 7.08. The van der Waals surface area contributed by atoms with E-state index >= 15 is 0 Å². The van der Waals surface area contributed by atoms with Gasteiger partial charge in [-0.15, -0.1) is 0 Å². The predicted molar refractivity (Wildman–Crippen MR) is 82.9 cm³/mol. The van der Waals surface area contributed by atoms with Crippen molar-refractivity contribution in [2.24, 2.45) is 0 Å². The molecule has 0 atom stereocenters. The largest absolute Gasteiger partial charge is 0.478 e. The van der Waals surface area contributed by atoms with Crippen LogP contribution in [0.3, 0.4) is 0 Å². The quantitative estimate of drug-likeness (QED) is 0.845. The molecule has 1 aromatic heterocycles. The molecule has 0 saturated heterocycles. The van der Waals surface area contributed by atoms with E-state index in [0.29, 0.717) is 16.3 Å². The van der Waals surface area contributed by atoms with Crippen LogP contribution >= 0.6 is 23.1 Å². The summed E-state index contributed by atoms with van der Waals surface area (Å²) in [6.45, 7) is 1.58. The van der Waals surface area contributed by atoms with Gasteiger partial charge in [0.15, 0.2) is 0 Å². The summed E-state index contributed by atoms with van der Waals surface area (Å²) < 4.78 is 3.92. The van der Waals surface area contributed by atoms with Crippen LogP contribution in [0.1, 0.15) is 21.6 Å². The lowest BCUT2D eigenvalue weighted by molar-refractivity contribution is -0.111. The van der Waals surface area contributed by atoms with Gasteiger partial charge in [0.05, 0.1) is 5.69 Å². The van der Waals surface area contributed by atoms with Crippen molar-refractivity contribution in [2.75, 3.05) is 5.32 Å². The Bertz CT molecular complexity index is 725. The van der Waals surface area contributed by atoms with Crippen molar-refractivity contribution in [3.63, 3.8) is 0 Å². The summed E-state index contributed by atoms with van der Waals surface area (Å²) >= 11 is 6.90. The number of nitrogens with zero attached hydrogens (tertiary/aromatic N) is 1. The Kier molecular flexibility index (Phi) is 4.72. The summed E-state index contributed by atoms with van der Waals surface area (Å²) in [7, 11) is 0. The number of carbonyl (C=O) groups is 2. The molecule has 0 aliphatic carbocycles. The van der Waals surface area contributed by atoms with Gasteiger partial charge in [0.2, 0.25) is 5.91 Å². The van der Waals surface area contributed by atoms with Crippen LogP contribution in [-0.4, -0.2) is 21.4 Å². The number of aromatic nitrogens is 1. The Morgan fingerprint density at radius 1 is 1.38 bits per heavy atom. The van der Waals surface area contributed by atoms with Gasteiger partial charge in [-0.2, -0.15) is 4.37 Å². The zero-order valence-corrected chi connectivity index (χ0v) is 12.5. The highest BCUT2D eigenvalue weighted by Crippen LogP contribution is 2.24. The van der Waals surface area contributed by atoms with Crippen LogP contribution in [0, 0.1) is 6.92 Å². The highest BCUT2D eigenvalue weighted by atomic mass is 35.5. The molecule has 21 heavy (non-hydrogen) atoms. The van der Waals surface area contributed by atoms with Crippen LogP contribution in [0.25, 0.3) is 6.08 Å². The Hall–Kier alpha value is -2.18. The third-order valence-electron chi connectivity index (χ3n) is 2.63. The van der Waals surface area contributed by atoms with Crippen LogP contribution in [-0.2, 0) is 4.79 Å². The molecule has 0 spiro atoms. The molecular formula is C14H11ClN2O3S. The highest BCUT2D eigenvalue weighted by molar-refractivity contribution is 7.11. The van der Waals surface area contributed by atoms with Gasteiger partial charge in [-0.3, -0.25) is 4.79 Å². The molecule has 7 heteroatoms. The zero-order chi connectivity index (χ0) is 15.4. The van der Waals surface area contributed by atoms with Crippen molar-refractivity contribution in [3.8, 4) is 0 Å². The third kappa shape index (κ3) is 3.68. The van der Waals surface area contributed by atoms with Crippen LogP contribution in [0.4, 0.5) is 5.00 Å². The smallest absolute Gasteiger partial charge is 0.340 e. The molecule has 1 heterocycles. The normalized spacial score (nSPS) is 10.8. The van der Waals surface area contributed by atoms with Crippen molar-refractivity contribution in [2.45, 2.75) is 6.92 Å². The monoisotopic (exact) mass is 322 g/mol. The number of carboxylic acids is 1. The first kappa shape index (κ1) is 15.2. The predicted octanol–water partition coefficient (Wildman–Crippen LogP) is 3.46. The van der Waals surface area contributed by atoms with Gasteiger partial charge >= 0.3 is 5.97 Å². The SMILES string of the molecule is Cc1nsc(NC(=O)/C=C/c2ccccc2Cl)c1C(=O)O. The molecule has 2 N–H and O–H groups in total. The number of aryl methyl sites for hydroxylation is 1. The topological polar surface area (TPSA) is 79.3 Å².